The van der Waals surface area contributed by atoms with Gasteiger partial charge in [-0.25, -0.2) is 4.79 Å². The Morgan fingerprint density at radius 1 is 1.44 bits per heavy atom. The lowest BCUT2D eigenvalue weighted by Crippen LogP contribution is -2.22. The lowest BCUT2D eigenvalue weighted by atomic mass is 10.1. The van der Waals surface area contributed by atoms with Gasteiger partial charge in [0.2, 0.25) is 0 Å². The van der Waals surface area contributed by atoms with Crippen LogP contribution in [-0.4, -0.2) is 40.3 Å². The fourth-order valence-electron chi connectivity index (χ4n) is 2.06. The number of aliphatic hydroxyl groups is 1. The van der Waals surface area contributed by atoms with Crippen LogP contribution in [0.25, 0.3) is 0 Å². The maximum Gasteiger partial charge on any atom is 0.336 e. The average Bonchev–Trinajstić information content (AvgIpc) is 2.64. The van der Waals surface area contributed by atoms with Gasteiger partial charge in [-0.05, 0) is 18.1 Å². The summed E-state index contributed by atoms with van der Waals surface area (Å²) in [5.41, 5.74) is 1.16. The van der Waals surface area contributed by atoms with E-state index in [0.29, 0.717) is 18.7 Å². The van der Waals surface area contributed by atoms with Gasteiger partial charge < -0.3 is 10.2 Å². The molecule has 1 fully saturated rings. The Morgan fingerprint density at radius 3 is 2.81 bits per heavy atom. The third-order valence-corrected chi connectivity index (χ3v) is 2.89. The first-order chi connectivity index (χ1) is 7.66. The Bertz CT molecular complexity index is 392. The number of aliphatic hydroxyl groups excluding tert-OH is 1. The molecule has 1 atom stereocenters. The fraction of sp³-hybridized carbons (Fsp3) is 0.417. The number of carboxylic acids is 1. The molecule has 4 heteroatoms. The highest BCUT2D eigenvalue weighted by molar-refractivity contribution is 5.89. The summed E-state index contributed by atoms with van der Waals surface area (Å²) in [6, 6.07) is 7.01. The van der Waals surface area contributed by atoms with Crippen LogP contribution in [-0.2, 0) is 6.54 Å². The second kappa shape index (κ2) is 4.63. The van der Waals surface area contributed by atoms with Gasteiger partial charge in [0, 0.05) is 19.6 Å². The van der Waals surface area contributed by atoms with E-state index < -0.39 is 5.97 Å². The molecule has 4 nitrogen and oxygen atoms in total. The Kier molecular flexibility index (Phi) is 3.22. The van der Waals surface area contributed by atoms with Crippen molar-refractivity contribution in [2.24, 2.45) is 0 Å². The van der Waals surface area contributed by atoms with Gasteiger partial charge in [-0.1, -0.05) is 18.2 Å². The standard InChI is InChI=1S/C12H15NO3/c14-10-5-6-13(8-10)7-9-3-1-2-4-11(9)12(15)16/h1-4,10,14H,5-8H2,(H,15,16). The number of carboxylic acid groups (broad SMARTS) is 1. The van der Waals surface area contributed by atoms with Crippen molar-refractivity contribution in [3.05, 3.63) is 35.4 Å². The first-order valence-electron chi connectivity index (χ1n) is 5.38. The maximum atomic E-state index is 11.0. The summed E-state index contributed by atoms with van der Waals surface area (Å²) in [5.74, 6) is -0.893. The number of rotatable bonds is 3. The van der Waals surface area contributed by atoms with Gasteiger partial charge in [0.25, 0.3) is 0 Å². The predicted octanol–water partition coefficient (Wildman–Crippen LogP) is 0.951. The maximum absolute atomic E-state index is 11.0. The first-order valence-corrected chi connectivity index (χ1v) is 5.38. The number of aromatic carboxylic acids is 1. The molecule has 1 saturated heterocycles. The van der Waals surface area contributed by atoms with Crippen molar-refractivity contribution in [1.82, 2.24) is 4.90 Å². The molecule has 0 spiro atoms. The predicted molar refractivity (Wildman–Crippen MR) is 59.3 cm³/mol. The zero-order valence-corrected chi connectivity index (χ0v) is 8.97. The average molecular weight is 221 g/mol. The zero-order valence-electron chi connectivity index (χ0n) is 8.97. The highest BCUT2D eigenvalue weighted by Crippen LogP contribution is 2.16. The Labute approximate surface area is 94.1 Å². The largest absolute Gasteiger partial charge is 0.478 e. The van der Waals surface area contributed by atoms with E-state index in [2.05, 4.69) is 4.90 Å². The molecule has 1 unspecified atom stereocenters. The van der Waals surface area contributed by atoms with Gasteiger partial charge in [-0.3, -0.25) is 4.90 Å². The van der Waals surface area contributed by atoms with Gasteiger partial charge in [0.05, 0.1) is 11.7 Å². The van der Waals surface area contributed by atoms with Gasteiger partial charge in [-0.15, -0.1) is 0 Å². The van der Waals surface area contributed by atoms with E-state index in [0.717, 1.165) is 18.5 Å². The number of benzene rings is 1. The first kappa shape index (κ1) is 11.1. The summed E-state index contributed by atoms with van der Waals surface area (Å²) in [4.78, 5) is 13.1. The Morgan fingerprint density at radius 2 is 2.19 bits per heavy atom. The summed E-state index contributed by atoms with van der Waals surface area (Å²) in [6.45, 7) is 2.06. The lowest BCUT2D eigenvalue weighted by Gasteiger charge is -2.16. The van der Waals surface area contributed by atoms with E-state index in [1.807, 2.05) is 12.1 Å². The molecule has 0 bridgehead atoms. The molecule has 2 N–H and O–H groups in total. The van der Waals surface area contributed by atoms with Crippen molar-refractivity contribution < 1.29 is 15.0 Å². The van der Waals surface area contributed by atoms with Crippen molar-refractivity contribution >= 4 is 5.97 Å². The van der Waals surface area contributed by atoms with Crippen LogP contribution in [0, 0.1) is 0 Å². The minimum Gasteiger partial charge on any atom is -0.478 e. The summed E-state index contributed by atoms with van der Waals surface area (Å²) >= 11 is 0. The zero-order chi connectivity index (χ0) is 11.5. The minimum atomic E-state index is -0.893. The Balaban J connectivity index is 2.12. The van der Waals surface area contributed by atoms with E-state index in [-0.39, 0.29) is 6.10 Å². The second-order valence-electron chi connectivity index (χ2n) is 4.14. The molecule has 1 heterocycles. The highest BCUT2D eigenvalue weighted by atomic mass is 16.4. The molecule has 16 heavy (non-hydrogen) atoms. The molecule has 1 aromatic carbocycles. The van der Waals surface area contributed by atoms with Crippen molar-refractivity contribution in [3.8, 4) is 0 Å². The van der Waals surface area contributed by atoms with Crippen LogP contribution in [0.3, 0.4) is 0 Å². The smallest absolute Gasteiger partial charge is 0.336 e. The summed E-state index contributed by atoms with van der Waals surface area (Å²) in [5, 5.41) is 18.4. The normalized spacial score (nSPS) is 21.2. The van der Waals surface area contributed by atoms with E-state index in [1.165, 1.54) is 0 Å². The van der Waals surface area contributed by atoms with Gasteiger partial charge >= 0.3 is 5.97 Å². The van der Waals surface area contributed by atoms with E-state index in [1.54, 1.807) is 12.1 Å². The van der Waals surface area contributed by atoms with Gasteiger partial charge in [0.1, 0.15) is 0 Å². The molecular weight excluding hydrogens is 206 g/mol. The van der Waals surface area contributed by atoms with E-state index in [9.17, 15) is 9.90 Å². The lowest BCUT2D eigenvalue weighted by molar-refractivity contribution is 0.0694. The molecule has 1 aliphatic heterocycles. The van der Waals surface area contributed by atoms with E-state index >= 15 is 0 Å². The summed E-state index contributed by atoms with van der Waals surface area (Å²) in [6.07, 6.45) is 0.506. The van der Waals surface area contributed by atoms with Crippen LogP contribution in [0.15, 0.2) is 24.3 Å². The monoisotopic (exact) mass is 221 g/mol. The number of hydrogen-bond acceptors (Lipinski definition) is 3. The Hall–Kier alpha value is -1.39. The number of hydrogen-bond donors (Lipinski definition) is 2. The van der Waals surface area contributed by atoms with Gasteiger partial charge in [-0.2, -0.15) is 0 Å². The molecule has 86 valence electrons. The molecule has 0 saturated carbocycles. The minimum absolute atomic E-state index is 0.267. The number of nitrogens with zero attached hydrogens (tertiary/aromatic N) is 1. The van der Waals surface area contributed by atoms with Crippen LogP contribution in [0.2, 0.25) is 0 Å². The van der Waals surface area contributed by atoms with Crippen molar-refractivity contribution in [2.75, 3.05) is 13.1 Å². The highest BCUT2D eigenvalue weighted by Gasteiger charge is 2.21. The molecule has 1 aromatic rings. The topological polar surface area (TPSA) is 60.8 Å². The molecule has 0 aromatic heterocycles. The third-order valence-electron chi connectivity index (χ3n) is 2.89. The third kappa shape index (κ3) is 2.40. The molecule has 0 aliphatic carbocycles. The van der Waals surface area contributed by atoms with Crippen molar-refractivity contribution in [1.29, 1.82) is 0 Å². The number of β-amino-alcohol motifs (C(OH)–C–C–N with tert-alkyl or cyclic N) is 1. The van der Waals surface area contributed by atoms with Gasteiger partial charge in [0.15, 0.2) is 0 Å². The fourth-order valence-corrected chi connectivity index (χ4v) is 2.06. The second-order valence-corrected chi connectivity index (χ2v) is 4.14. The molecule has 0 radical (unpaired) electrons. The van der Waals surface area contributed by atoms with Crippen LogP contribution in [0.4, 0.5) is 0 Å². The van der Waals surface area contributed by atoms with Crippen molar-refractivity contribution in [2.45, 2.75) is 19.1 Å². The van der Waals surface area contributed by atoms with Crippen molar-refractivity contribution in [3.63, 3.8) is 0 Å². The summed E-state index contributed by atoms with van der Waals surface area (Å²) in [7, 11) is 0. The summed E-state index contributed by atoms with van der Waals surface area (Å²) < 4.78 is 0. The molecule has 2 rings (SSSR count). The van der Waals surface area contributed by atoms with Crippen LogP contribution < -0.4 is 0 Å². The van der Waals surface area contributed by atoms with E-state index in [4.69, 9.17) is 5.11 Å². The van der Waals surface area contributed by atoms with Crippen LogP contribution >= 0.6 is 0 Å². The SMILES string of the molecule is O=C(O)c1ccccc1CN1CCC(O)C1. The molecule has 1 aliphatic rings. The van der Waals surface area contributed by atoms with Crippen LogP contribution in [0.1, 0.15) is 22.3 Å². The van der Waals surface area contributed by atoms with Crippen LogP contribution in [0.5, 0.6) is 0 Å². The number of carbonyl (C=O) groups is 1. The quantitative estimate of drug-likeness (QED) is 0.797. The number of likely N-dealkylation sites (tertiary alicyclic amines) is 1. The molecule has 0 amide bonds. The molecular formula is C12H15NO3.